The van der Waals surface area contributed by atoms with E-state index in [1.54, 1.807) is 0 Å². The van der Waals surface area contributed by atoms with Crippen LogP contribution in [0.2, 0.25) is 0 Å². The van der Waals surface area contributed by atoms with Crippen molar-refractivity contribution in [2.75, 3.05) is 6.54 Å². The molecule has 1 heterocycles. The monoisotopic (exact) mass is 295 g/mol. The normalized spacial score (nSPS) is 11.6. The van der Waals surface area contributed by atoms with Crippen molar-refractivity contribution in [3.8, 4) is 0 Å². The third-order valence-corrected chi connectivity index (χ3v) is 3.13. The Bertz CT molecular complexity index is 516. The quantitative estimate of drug-likeness (QED) is 0.912. The molecule has 0 aliphatic rings. The molecule has 92 valence electrons. The molecule has 0 aliphatic carbocycles. The molecule has 17 heavy (non-hydrogen) atoms. The maximum absolute atomic E-state index is 5.85. The lowest BCUT2D eigenvalue weighted by Crippen LogP contribution is -2.18. The molecule has 1 aromatic carbocycles. The standard InChI is InChI=1S/C14H18BrNO/c1-9(2)7-16-8-13-6-11-5-12(15)4-10(3)14(11)17-13/h4-6,9,16H,7-8H2,1-3H3. The van der Waals surface area contributed by atoms with Gasteiger partial charge in [0.2, 0.25) is 0 Å². The number of furan rings is 1. The summed E-state index contributed by atoms with van der Waals surface area (Å²) in [5.74, 6) is 1.66. The Hall–Kier alpha value is -0.800. The second kappa shape index (κ2) is 5.23. The van der Waals surface area contributed by atoms with Gasteiger partial charge >= 0.3 is 0 Å². The largest absolute Gasteiger partial charge is 0.459 e. The average Bonchev–Trinajstić information content (AvgIpc) is 2.60. The zero-order valence-electron chi connectivity index (χ0n) is 10.5. The molecule has 0 saturated heterocycles. The molecular formula is C14H18BrNO. The lowest BCUT2D eigenvalue weighted by atomic mass is 10.2. The summed E-state index contributed by atoms with van der Waals surface area (Å²) in [7, 11) is 0. The number of aryl methyl sites for hydroxylation is 1. The summed E-state index contributed by atoms with van der Waals surface area (Å²) in [5.41, 5.74) is 2.17. The number of hydrogen-bond donors (Lipinski definition) is 1. The zero-order valence-corrected chi connectivity index (χ0v) is 12.1. The number of benzene rings is 1. The number of hydrogen-bond acceptors (Lipinski definition) is 2. The predicted octanol–water partition coefficient (Wildman–Crippen LogP) is 4.25. The van der Waals surface area contributed by atoms with Crippen molar-refractivity contribution in [2.45, 2.75) is 27.3 Å². The topological polar surface area (TPSA) is 25.2 Å². The van der Waals surface area contributed by atoms with Crippen LogP contribution < -0.4 is 5.32 Å². The number of fused-ring (bicyclic) bond motifs is 1. The zero-order chi connectivity index (χ0) is 12.4. The summed E-state index contributed by atoms with van der Waals surface area (Å²) in [4.78, 5) is 0. The minimum atomic E-state index is 0.662. The Morgan fingerprint density at radius 2 is 2.06 bits per heavy atom. The van der Waals surface area contributed by atoms with Gasteiger partial charge in [0.25, 0.3) is 0 Å². The first kappa shape index (κ1) is 12.7. The Morgan fingerprint density at radius 3 is 2.76 bits per heavy atom. The van der Waals surface area contributed by atoms with Crippen LogP contribution in [0.15, 0.2) is 27.1 Å². The van der Waals surface area contributed by atoms with E-state index in [1.165, 1.54) is 10.9 Å². The van der Waals surface area contributed by atoms with Crippen molar-refractivity contribution >= 4 is 26.9 Å². The summed E-state index contributed by atoms with van der Waals surface area (Å²) < 4.78 is 6.95. The van der Waals surface area contributed by atoms with Crippen LogP contribution in [-0.2, 0) is 6.54 Å². The van der Waals surface area contributed by atoms with E-state index >= 15 is 0 Å². The Morgan fingerprint density at radius 1 is 1.29 bits per heavy atom. The van der Waals surface area contributed by atoms with Crippen LogP contribution in [0.5, 0.6) is 0 Å². The van der Waals surface area contributed by atoms with E-state index in [0.717, 1.165) is 28.9 Å². The fourth-order valence-electron chi connectivity index (χ4n) is 1.91. The second-order valence-electron chi connectivity index (χ2n) is 4.88. The van der Waals surface area contributed by atoms with Crippen LogP contribution in [0.3, 0.4) is 0 Å². The third kappa shape index (κ3) is 3.11. The third-order valence-electron chi connectivity index (χ3n) is 2.67. The van der Waals surface area contributed by atoms with Crippen LogP contribution in [0, 0.1) is 12.8 Å². The summed E-state index contributed by atoms with van der Waals surface area (Å²) >= 11 is 3.51. The van der Waals surface area contributed by atoms with Crippen molar-refractivity contribution < 1.29 is 4.42 Å². The van der Waals surface area contributed by atoms with Crippen LogP contribution in [0.25, 0.3) is 11.0 Å². The maximum atomic E-state index is 5.85. The van der Waals surface area contributed by atoms with Crippen molar-refractivity contribution in [3.63, 3.8) is 0 Å². The molecule has 3 heteroatoms. The summed E-state index contributed by atoms with van der Waals surface area (Å²) in [6.07, 6.45) is 0. The first-order valence-corrected chi connectivity index (χ1v) is 6.75. The summed E-state index contributed by atoms with van der Waals surface area (Å²) in [5, 5.41) is 4.56. The molecular weight excluding hydrogens is 278 g/mol. The van der Waals surface area contributed by atoms with Crippen LogP contribution in [0.4, 0.5) is 0 Å². The van der Waals surface area contributed by atoms with Crippen molar-refractivity contribution in [2.24, 2.45) is 5.92 Å². The first-order valence-electron chi connectivity index (χ1n) is 5.95. The highest BCUT2D eigenvalue weighted by atomic mass is 79.9. The van der Waals surface area contributed by atoms with Crippen LogP contribution in [-0.4, -0.2) is 6.54 Å². The van der Waals surface area contributed by atoms with Crippen molar-refractivity contribution in [1.82, 2.24) is 5.32 Å². The van der Waals surface area contributed by atoms with Gasteiger partial charge in [-0.25, -0.2) is 0 Å². The summed E-state index contributed by atoms with van der Waals surface area (Å²) in [6, 6.07) is 6.29. The molecule has 0 amide bonds. The Balaban J connectivity index is 2.17. The Labute approximate surface area is 111 Å². The number of rotatable bonds is 4. The smallest absolute Gasteiger partial charge is 0.137 e. The van der Waals surface area contributed by atoms with Gasteiger partial charge in [0.05, 0.1) is 6.54 Å². The highest BCUT2D eigenvalue weighted by Crippen LogP contribution is 2.26. The van der Waals surface area contributed by atoms with Gasteiger partial charge in [-0.2, -0.15) is 0 Å². The molecule has 0 aliphatic heterocycles. The number of halogens is 1. The van der Waals surface area contributed by atoms with Crippen molar-refractivity contribution in [3.05, 3.63) is 34.0 Å². The van der Waals surface area contributed by atoms with Gasteiger partial charge in [-0.05, 0) is 43.1 Å². The number of nitrogens with one attached hydrogen (secondary N) is 1. The maximum Gasteiger partial charge on any atom is 0.137 e. The minimum absolute atomic E-state index is 0.662. The van der Waals surface area contributed by atoms with E-state index in [-0.39, 0.29) is 0 Å². The highest BCUT2D eigenvalue weighted by molar-refractivity contribution is 9.10. The molecule has 0 bridgehead atoms. The molecule has 2 nitrogen and oxygen atoms in total. The predicted molar refractivity (Wildman–Crippen MR) is 75.2 cm³/mol. The molecule has 2 rings (SSSR count). The van der Waals surface area contributed by atoms with Gasteiger partial charge in [-0.3, -0.25) is 0 Å². The molecule has 2 aromatic rings. The molecule has 0 atom stereocenters. The van der Waals surface area contributed by atoms with Gasteiger partial charge in [-0.15, -0.1) is 0 Å². The molecule has 0 unspecified atom stereocenters. The average molecular weight is 296 g/mol. The van der Waals surface area contributed by atoms with Gasteiger partial charge in [0.1, 0.15) is 11.3 Å². The fourth-order valence-corrected chi connectivity index (χ4v) is 2.50. The fraction of sp³-hybridized carbons (Fsp3) is 0.429. The molecule has 0 fully saturated rings. The van der Waals surface area contributed by atoms with Crippen molar-refractivity contribution in [1.29, 1.82) is 0 Å². The van der Waals surface area contributed by atoms with Gasteiger partial charge in [0.15, 0.2) is 0 Å². The van der Waals surface area contributed by atoms with E-state index in [0.29, 0.717) is 5.92 Å². The van der Waals surface area contributed by atoms with E-state index in [4.69, 9.17) is 4.42 Å². The van der Waals surface area contributed by atoms with Gasteiger partial charge in [-0.1, -0.05) is 29.8 Å². The van der Waals surface area contributed by atoms with E-state index in [9.17, 15) is 0 Å². The lowest BCUT2D eigenvalue weighted by molar-refractivity contribution is 0.484. The van der Waals surface area contributed by atoms with Gasteiger partial charge < -0.3 is 9.73 Å². The van der Waals surface area contributed by atoms with E-state index in [1.807, 2.05) is 0 Å². The highest BCUT2D eigenvalue weighted by Gasteiger charge is 2.07. The molecule has 0 radical (unpaired) electrons. The molecule has 1 aromatic heterocycles. The molecule has 0 saturated carbocycles. The summed E-state index contributed by atoms with van der Waals surface area (Å²) in [6.45, 7) is 8.28. The minimum Gasteiger partial charge on any atom is -0.459 e. The lowest BCUT2D eigenvalue weighted by Gasteiger charge is -2.04. The van der Waals surface area contributed by atoms with Crippen LogP contribution in [0.1, 0.15) is 25.2 Å². The second-order valence-corrected chi connectivity index (χ2v) is 5.79. The van der Waals surface area contributed by atoms with Gasteiger partial charge in [0, 0.05) is 9.86 Å². The molecule has 0 spiro atoms. The van der Waals surface area contributed by atoms with Crippen LogP contribution >= 0.6 is 15.9 Å². The molecule has 1 N–H and O–H groups in total. The SMILES string of the molecule is Cc1cc(Br)cc2cc(CNCC(C)C)oc12. The van der Waals surface area contributed by atoms with E-state index < -0.39 is 0 Å². The van der Waals surface area contributed by atoms with E-state index in [2.05, 4.69) is 60.2 Å². The first-order chi connectivity index (χ1) is 8.06. The Kier molecular flexibility index (Phi) is 3.89.